The third-order valence-electron chi connectivity index (χ3n) is 4.33. The van der Waals surface area contributed by atoms with Gasteiger partial charge in [0.05, 0.1) is 11.6 Å². The van der Waals surface area contributed by atoms with Gasteiger partial charge in [-0.2, -0.15) is 5.10 Å². The first kappa shape index (κ1) is 16.2. The van der Waals surface area contributed by atoms with Crippen LogP contribution in [0.15, 0.2) is 30.3 Å². The summed E-state index contributed by atoms with van der Waals surface area (Å²) in [6, 6.07) is 9.93. The summed E-state index contributed by atoms with van der Waals surface area (Å²) in [6.45, 7) is 4.91. The number of hydrogen-bond donors (Lipinski definition) is 1. The summed E-state index contributed by atoms with van der Waals surface area (Å²) >= 11 is 0. The standard InChI is InChI=1S/C18H22N4O2/c1-12-4-6-14(7-5-12)10-22-11-15(9-17(22)23)18(24)19-16-8-13(2)20-21(16)3/h4-8,15H,9-11H2,1-3H3,(H,19,24)/t15-/m0/s1. The number of nitrogens with one attached hydrogen (secondary N) is 1. The minimum Gasteiger partial charge on any atom is -0.338 e. The Morgan fingerprint density at radius 1 is 1.29 bits per heavy atom. The van der Waals surface area contributed by atoms with Gasteiger partial charge in [-0.25, -0.2) is 0 Å². The van der Waals surface area contributed by atoms with Crippen LogP contribution in [0.2, 0.25) is 0 Å². The lowest BCUT2D eigenvalue weighted by atomic mass is 10.1. The molecule has 0 aliphatic carbocycles. The average Bonchev–Trinajstić information content (AvgIpc) is 3.04. The molecule has 0 bridgehead atoms. The molecule has 6 nitrogen and oxygen atoms in total. The van der Waals surface area contributed by atoms with Crippen molar-refractivity contribution < 1.29 is 9.59 Å². The molecule has 1 atom stereocenters. The molecule has 126 valence electrons. The van der Waals surface area contributed by atoms with Crippen LogP contribution in [-0.4, -0.2) is 33.0 Å². The van der Waals surface area contributed by atoms with E-state index in [0.29, 0.717) is 18.9 Å². The predicted octanol–water partition coefficient (Wildman–Crippen LogP) is 2.02. The summed E-state index contributed by atoms with van der Waals surface area (Å²) in [4.78, 5) is 26.4. The maximum Gasteiger partial charge on any atom is 0.230 e. The maximum absolute atomic E-state index is 12.4. The lowest BCUT2D eigenvalue weighted by molar-refractivity contribution is -0.128. The summed E-state index contributed by atoms with van der Waals surface area (Å²) in [5.74, 6) is 0.231. The molecule has 2 heterocycles. The number of hydrogen-bond acceptors (Lipinski definition) is 3. The molecule has 0 spiro atoms. The number of rotatable bonds is 4. The highest BCUT2D eigenvalue weighted by atomic mass is 16.2. The molecule has 1 aliphatic heterocycles. The van der Waals surface area contributed by atoms with Crippen molar-refractivity contribution in [3.63, 3.8) is 0 Å². The predicted molar refractivity (Wildman–Crippen MR) is 91.3 cm³/mol. The Labute approximate surface area is 141 Å². The lowest BCUT2D eigenvalue weighted by Crippen LogP contribution is -2.28. The van der Waals surface area contributed by atoms with Gasteiger partial charge in [-0.15, -0.1) is 0 Å². The largest absolute Gasteiger partial charge is 0.338 e. The zero-order valence-corrected chi connectivity index (χ0v) is 14.2. The average molecular weight is 326 g/mol. The van der Waals surface area contributed by atoms with Crippen molar-refractivity contribution in [2.45, 2.75) is 26.8 Å². The van der Waals surface area contributed by atoms with Gasteiger partial charge >= 0.3 is 0 Å². The molecule has 1 aromatic heterocycles. The van der Waals surface area contributed by atoms with E-state index >= 15 is 0 Å². The van der Waals surface area contributed by atoms with Crippen molar-refractivity contribution in [1.29, 1.82) is 0 Å². The topological polar surface area (TPSA) is 67.2 Å². The monoisotopic (exact) mass is 326 g/mol. The number of nitrogens with zero attached hydrogens (tertiary/aromatic N) is 3. The molecule has 6 heteroatoms. The first-order chi connectivity index (χ1) is 11.4. The second-order valence-electron chi connectivity index (χ2n) is 6.44. The van der Waals surface area contributed by atoms with E-state index < -0.39 is 0 Å². The van der Waals surface area contributed by atoms with Crippen LogP contribution < -0.4 is 5.32 Å². The fraction of sp³-hybridized carbons (Fsp3) is 0.389. The van der Waals surface area contributed by atoms with Gasteiger partial charge in [0.25, 0.3) is 0 Å². The van der Waals surface area contributed by atoms with Crippen molar-refractivity contribution >= 4 is 17.6 Å². The lowest BCUT2D eigenvalue weighted by Gasteiger charge is -2.17. The Balaban J connectivity index is 1.62. The molecule has 24 heavy (non-hydrogen) atoms. The van der Waals surface area contributed by atoms with Crippen LogP contribution in [0.5, 0.6) is 0 Å². The van der Waals surface area contributed by atoms with Gasteiger partial charge in [-0.1, -0.05) is 29.8 Å². The number of amides is 2. The van der Waals surface area contributed by atoms with Gasteiger partial charge in [0.2, 0.25) is 11.8 Å². The van der Waals surface area contributed by atoms with Crippen LogP contribution in [0.25, 0.3) is 0 Å². The summed E-state index contributed by atoms with van der Waals surface area (Å²) < 4.78 is 1.63. The first-order valence-corrected chi connectivity index (χ1v) is 8.07. The number of carbonyl (C=O) groups is 2. The van der Waals surface area contributed by atoms with E-state index in [-0.39, 0.29) is 24.2 Å². The van der Waals surface area contributed by atoms with E-state index in [4.69, 9.17) is 0 Å². The van der Waals surface area contributed by atoms with Crippen LogP contribution in [0, 0.1) is 19.8 Å². The van der Waals surface area contributed by atoms with Crippen LogP contribution in [0.4, 0.5) is 5.82 Å². The highest BCUT2D eigenvalue weighted by Crippen LogP contribution is 2.22. The molecule has 1 aliphatic rings. The fourth-order valence-corrected chi connectivity index (χ4v) is 2.97. The third-order valence-corrected chi connectivity index (χ3v) is 4.33. The second-order valence-corrected chi connectivity index (χ2v) is 6.44. The Kier molecular flexibility index (Phi) is 4.38. The van der Waals surface area contributed by atoms with E-state index in [2.05, 4.69) is 10.4 Å². The van der Waals surface area contributed by atoms with Crippen molar-refractivity contribution in [3.8, 4) is 0 Å². The fourth-order valence-electron chi connectivity index (χ4n) is 2.97. The van der Waals surface area contributed by atoms with Crippen molar-refractivity contribution in [1.82, 2.24) is 14.7 Å². The SMILES string of the molecule is Cc1ccc(CN2C[C@@H](C(=O)Nc3cc(C)nn3C)CC2=O)cc1. The summed E-state index contributed by atoms with van der Waals surface area (Å²) in [5, 5.41) is 7.08. The van der Waals surface area contributed by atoms with Crippen molar-refractivity contribution in [2.75, 3.05) is 11.9 Å². The molecule has 3 rings (SSSR count). The number of carbonyl (C=O) groups excluding carboxylic acids is 2. The molecule has 2 amide bonds. The van der Waals surface area contributed by atoms with E-state index in [1.807, 2.05) is 44.2 Å². The van der Waals surface area contributed by atoms with Crippen LogP contribution in [0.3, 0.4) is 0 Å². The number of likely N-dealkylation sites (tertiary alicyclic amines) is 1. The molecule has 1 saturated heterocycles. The Morgan fingerprint density at radius 2 is 2.00 bits per heavy atom. The van der Waals surface area contributed by atoms with Crippen molar-refractivity contribution in [2.24, 2.45) is 13.0 Å². The quantitative estimate of drug-likeness (QED) is 0.935. The molecule has 0 saturated carbocycles. The molecule has 0 radical (unpaired) electrons. The van der Waals surface area contributed by atoms with Gasteiger partial charge in [-0.3, -0.25) is 14.3 Å². The van der Waals surface area contributed by atoms with Gasteiger partial charge in [-0.05, 0) is 19.4 Å². The maximum atomic E-state index is 12.4. The molecule has 0 unspecified atom stereocenters. The number of anilines is 1. The van der Waals surface area contributed by atoms with Crippen molar-refractivity contribution in [3.05, 3.63) is 47.2 Å². The van der Waals surface area contributed by atoms with Gasteiger partial charge in [0.15, 0.2) is 0 Å². The molecule has 1 N–H and O–H groups in total. The Morgan fingerprint density at radius 3 is 2.62 bits per heavy atom. The Bertz CT molecular complexity index is 764. The Hall–Kier alpha value is -2.63. The summed E-state index contributed by atoms with van der Waals surface area (Å²) in [5.41, 5.74) is 3.11. The summed E-state index contributed by atoms with van der Waals surface area (Å²) in [6.07, 6.45) is 0.258. The molecule has 2 aromatic rings. The van der Waals surface area contributed by atoms with Gasteiger partial charge in [0, 0.05) is 32.6 Å². The highest BCUT2D eigenvalue weighted by molar-refractivity contribution is 5.96. The first-order valence-electron chi connectivity index (χ1n) is 8.07. The molecular formula is C18H22N4O2. The zero-order chi connectivity index (χ0) is 17.3. The van der Waals surface area contributed by atoms with Crippen LogP contribution in [0.1, 0.15) is 23.2 Å². The van der Waals surface area contributed by atoms with Gasteiger partial charge in [0.1, 0.15) is 5.82 Å². The third kappa shape index (κ3) is 3.48. The van der Waals surface area contributed by atoms with Crippen LogP contribution in [-0.2, 0) is 23.2 Å². The normalized spacial score (nSPS) is 17.4. The zero-order valence-electron chi connectivity index (χ0n) is 14.2. The minimum absolute atomic E-state index is 0.0249. The van der Waals surface area contributed by atoms with E-state index in [1.165, 1.54) is 5.56 Å². The van der Waals surface area contributed by atoms with Crippen LogP contribution >= 0.6 is 0 Å². The minimum atomic E-state index is -0.321. The smallest absolute Gasteiger partial charge is 0.230 e. The van der Waals surface area contributed by atoms with E-state index in [1.54, 1.807) is 16.6 Å². The molecular weight excluding hydrogens is 304 g/mol. The second kappa shape index (κ2) is 6.47. The molecule has 1 aromatic carbocycles. The number of benzene rings is 1. The van der Waals surface area contributed by atoms with Gasteiger partial charge < -0.3 is 10.2 Å². The van der Waals surface area contributed by atoms with E-state index in [9.17, 15) is 9.59 Å². The van der Waals surface area contributed by atoms with E-state index in [0.717, 1.165) is 11.3 Å². The highest BCUT2D eigenvalue weighted by Gasteiger charge is 2.34. The molecule has 1 fully saturated rings. The number of aryl methyl sites for hydroxylation is 3. The summed E-state index contributed by atoms with van der Waals surface area (Å²) in [7, 11) is 1.78. The number of aromatic nitrogens is 2.